The van der Waals surface area contributed by atoms with Gasteiger partial charge in [-0.25, -0.2) is 9.59 Å². The Kier molecular flexibility index (Phi) is 6.08. The third kappa shape index (κ3) is 4.09. The summed E-state index contributed by atoms with van der Waals surface area (Å²) in [5.74, 6) is -0.929. The molecule has 2 amide bonds. The molecule has 0 bridgehead atoms. The van der Waals surface area contributed by atoms with E-state index in [9.17, 15) is 14.7 Å². The lowest BCUT2D eigenvalue weighted by molar-refractivity contribution is -0.150. The molecule has 0 aromatic rings. The molecule has 1 rings (SSSR count). The Bertz CT molecular complexity index is 322. The van der Waals surface area contributed by atoms with Gasteiger partial charge in [-0.3, -0.25) is 0 Å². The highest BCUT2D eigenvalue weighted by Crippen LogP contribution is 2.28. The Labute approximate surface area is 114 Å². The number of carbonyl (C=O) groups is 2. The van der Waals surface area contributed by atoms with E-state index < -0.39 is 11.5 Å². The second kappa shape index (κ2) is 7.33. The van der Waals surface area contributed by atoms with Crippen LogP contribution in [0.1, 0.15) is 39.0 Å². The maximum absolute atomic E-state index is 12.1. The van der Waals surface area contributed by atoms with Gasteiger partial charge in [0.1, 0.15) is 5.54 Å². The lowest BCUT2D eigenvalue weighted by Crippen LogP contribution is -2.60. The average Bonchev–Trinajstić information content (AvgIpc) is 2.38. The molecule has 0 aromatic carbocycles. The number of nitrogens with one attached hydrogen (secondary N) is 1. The lowest BCUT2D eigenvalue weighted by Gasteiger charge is -2.41. The van der Waals surface area contributed by atoms with Crippen LogP contribution < -0.4 is 5.32 Å². The van der Waals surface area contributed by atoms with Crippen molar-refractivity contribution >= 4 is 12.0 Å². The van der Waals surface area contributed by atoms with Crippen LogP contribution in [0.5, 0.6) is 0 Å². The zero-order valence-electron chi connectivity index (χ0n) is 11.8. The molecule has 0 radical (unpaired) electrons. The SMILES string of the molecule is COCCCCNC(=O)N1CCCCC1(C)C(=O)O. The van der Waals surface area contributed by atoms with Crippen molar-refractivity contribution in [1.82, 2.24) is 10.2 Å². The van der Waals surface area contributed by atoms with Crippen LogP contribution in [0.25, 0.3) is 0 Å². The number of carboxylic acid groups (broad SMARTS) is 1. The second-order valence-corrected chi connectivity index (χ2v) is 5.12. The zero-order chi connectivity index (χ0) is 14.3. The zero-order valence-corrected chi connectivity index (χ0v) is 11.8. The molecule has 110 valence electrons. The fourth-order valence-corrected chi connectivity index (χ4v) is 2.33. The molecule has 1 heterocycles. The Morgan fingerprint density at radius 2 is 2.11 bits per heavy atom. The number of nitrogens with zero attached hydrogens (tertiary/aromatic N) is 1. The highest BCUT2D eigenvalue weighted by atomic mass is 16.5. The van der Waals surface area contributed by atoms with Gasteiger partial charge >= 0.3 is 12.0 Å². The van der Waals surface area contributed by atoms with E-state index in [0.29, 0.717) is 26.1 Å². The van der Waals surface area contributed by atoms with Gasteiger partial charge in [-0.05, 0) is 39.0 Å². The first-order chi connectivity index (χ1) is 9.02. The molecular weight excluding hydrogens is 248 g/mol. The Morgan fingerprint density at radius 1 is 1.37 bits per heavy atom. The summed E-state index contributed by atoms with van der Waals surface area (Å²) < 4.78 is 4.93. The van der Waals surface area contributed by atoms with Crippen LogP contribution >= 0.6 is 0 Å². The summed E-state index contributed by atoms with van der Waals surface area (Å²) in [6.07, 6.45) is 3.93. The number of carboxylic acids is 1. The van der Waals surface area contributed by atoms with Crippen LogP contribution in [0.4, 0.5) is 4.79 Å². The number of methoxy groups -OCH3 is 1. The van der Waals surface area contributed by atoms with Crippen LogP contribution in [0.15, 0.2) is 0 Å². The number of urea groups is 1. The van der Waals surface area contributed by atoms with E-state index in [2.05, 4.69) is 5.32 Å². The fraction of sp³-hybridized carbons (Fsp3) is 0.846. The molecule has 1 aliphatic rings. The average molecular weight is 272 g/mol. The van der Waals surface area contributed by atoms with Crippen molar-refractivity contribution < 1.29 is 19.4 Å². The number of piperidine rings is 1. The van der Waals surface area contributed by atoms with E-state index in [1.54, 1.807) is 14.0 Å². The van der Waals surface area contributed by atoms with E-state index in [0.717, 1.165) is 25.7 Å². The largest absolute Gasteiger partial charge is 0.480 e. The first-order valence-corrected chi connectivity index (χ1v) is 6.80. The van der Waals surface area contributed by atoms with Crippen LogP contribution in [-0.4, -0.2) is 54.4 Å². The summed E-state index contributed by atoms with van der Waals surface area (Å²) in [6, 6.07) is -0.276. The predicted molar refractivity (Wildman–Crippen MR) is 71.1 cm³/mol. The monoisotopic (exact) mass is 272 g/mol. The quantitative estimate of drug-likeness (QED) is 0.717. The van der Waals surface area contributed by atoms with Crippen molar-refractivity contribution in [1.29, 1.82) is 0 Å². The topological polar surface area (TPSA) is 78.9 Å². The number of likely N-dealkylation sites (tertiary alicyclic amines) is 1. The Morgan fingerprint density at radius 3 is 2.74 bits per heavy atom. The predicted octanol–water partition coefficient (Wildman–Crippen LogP) is 1.45. The molecule has 6 nitrogen and oxygen atoms in total. The first-order valence-electron chi connectivity index (χ1n) is 6.80. The standard InChI is InChI=1S/C13H24N2O4/c1-13(11(16)17)7-3-5-9-15(13)12(18)14-8-4-6-10-19-2/h3-10H2,1-2H3,(H,14,18)(H,16,17). The molecular formula is C13H24N2O4. The van der Waals surface area contributed by atoms with Crippen LogP contribution in [-0.2, 0) is 9.53 Å². The van der Waals surface area contributed by atoms with Crippen LogP contribution in [0.2, 0.25) is 0 Å². The van der Waals surface area contributed by atoms with Crippen molar-refractivity contribution in [2.45, 2.75) is 44.6 Å². The normalized spacial score (nSPS) is 23.2. The lowest BCUT2D eigenvalue weighted by atomic mass is 9.89. The second-order valence-electron chi connectivity index (χ2n) is 5.12. The number of aliphatic carboxylic acids is 1. The van der Waals surface area contributed by atoms with Crippen molar-refractivity contribution in [2.24, 2.45) is 0 Å². The summed E-state index contributed by atoms with van der Waals surface area (Å²) >= 11 is 0. The third-order valence-corrected chi connectivity index (χ3v) is 3.65. The molecule has 1 atom stereocenters. The summed E-state index contributed by atoms with van der Waals surface area (Å²) in [5.41, 5.74) is -1.07. The molecule has 6 heteroatoms. The highest BCUT2D eigenvalue weighted by Gasteiger charge is 2.43. The number of hydrogen-bond acceptors (Lipinski definition) is 3. The number of unbranched alkanes of at least 4 members (excludes halogenated alkanes) is 1. The number of amides is 2. The van der Waals surface area contributed by atoms with Gasteiger partial charge in [0.2, 0.25) is 0 Å². The molecule has 0 saturated carbocycles. The Hall–Kier alpha value is -1.30. The minimum atomic E-state index is -1.07. The fourth-order valence-electron chi connectivity index (χ4n) is 2.33. The maximum atomic E-state index is 12.1. The van der Waals surface area contributed by atoms with Gasteiger partial charge in [-0.2, -0.15) is 0 Å². The van der Waals surface area contributed by atoms with Gasteiger partial charge in [-0.1, -0.05) is 0 Å². The van der Waals surface area contributed by atoms with E-state index in [1.165, 1.54) is 4.90 Å². The van der Waals surface area contributed by atoms with Crippen molar-refractivity contribution in [3.8, 4) is 0 Å². The van der Waals surface area contributed by atoms with Crippen molar-refractivity contribution in [3.63, 3.8) is 0 Å². The van der Waals surface area contributed by atoms with Crippen LogP contribution in [0, 0.1) is 0 Å². The number of ether oxygens (including phenoxy) is 1. The number of carbonyl (C=O) groups excluding carboxylic acids is 1. The maximum Gasteiger partial charge on any atom is 0.329 e. The van der Waals surface area contributed by atoms with Crippen molar-refractivity contribution in [2.75, 3.05) is 26.8 Å². The van der Waals surface area contributed by atoms with E-state index >= 15 is 0 Å². The number of rotatable bonds is 6. The van der Waals surface area contributed by atoms with Gasteiger partial charge in [0.25, 0.3) is 0 Å². The summed E-state index contributed by atoms with van der Waals surface area (Å²) in [4.78, 5) is 24.9. The molecule has 1 unspecified atom stereocenters. The van der Waals surface area contributed by atoms with E-state index in [1.807, 2.05) is 0 Å². The molecule has 1 aliphatic heterocycles. The summed E-state index contributed by atoms with van der Waals surface area (Å²) in [7, 11) is 1.64. The summed E-state index contributed by atoms with van der Waals surface area (Å²) in [5, 5.41) is 12.1. The minimum absolute atomic E-state index is 0.276. The van der Waals surface area contributed by atoms with Gasteiger partial charge in [-0.15, -0.1) is 0 Å². The van der Waals surface area contributed by atoms with Gasteiger partial charge in [0, 0.05) is 26.8 Å². The smallest absolute Gasteiger partial charge is 0.329 e. The van der Waals surface area contributed by atoms with Crippen LogP contribution in [0.3, 0.4) is 0 Å². The molecule has 0 aromatic heterocycles. The van der Waals surface area contributed by atoms with E-state index in [-0.39, 0.29) is 6.03 Å². The number of hydrogen-bond donors (Lipinski definition) is 2. The third-order valence-electron chi connectivity index (χ3n) is 3.65. The molecule has 19 heavy (non-hydrogen) atoms. The first kappa shape index (κ1) is 15.8. The molecule has 2 N–H and O–H groups in total. The Balaban J connectivity index is 2.47. The van der Waals surface area contributed by atoms with Gasteiger partial charge in [0.15, 0.2) is 0 Å². The molecule has 1 fully saturated rings. The molecule has 1 saturated heterocycles. The van der Waals surface area contributed by atoms with Gasteiger partial charge < -0.3 is 20.1 Å². The minimum Gasteiger partial charge on any atom is -0.480 e. The van der Waals surface area contributed by atoms with Gasteiger partial charge in [0.05, 0.1) is 0 Å². The highest BCUT2D eigenvalue weighted by molar-refractivity contribution is 5.86. The van der Waals surface area contributed by atoms with Crippen molar-refractivity contribution in [3.05, 3.63) is 0 Å². The molecule has 0 spiro atoms. The van der Waals surface area contributed by atoms with E-state index in [4.69, 9.17) is 4.74 Å². The summed E-state index contributed by atoms with van der Waals surface area (Å²) in [6.45, 7) is 3.35. The molecule has 0 aliphatic carbocycles.